The molecule has 1 N–H and O–H groups in total. The predicted molar refractivity (Wildman–Crippen MR) is 109 cm³/mol. The third-order valence-corrected chi connectivity index (χ3v) is 4.60. The van der Waals surface area contributed by atoms with Gasteiger partial charge in [-0.1, -0.05) is 0 Å². The van der Waals surface area contributed by atoms with Gasteiger partial charge >= 0.3 is 0 Å². The highest BCUT2D eigenvalue weighted by molar-refractivity contribution is 5.62. The number of ether oxygens (including phenoxy) is 2. The fourth-order valence-electron chi connectivity index (χ4n) is 3.30. The van der Waals surface area contributed by atoms with E-state index >= 15 is 0 Å². The van der Waals surface area contributed by atoms with Crippen LogP contribution in [-0.4, -0.2) is 57.6 Å². The van der Waals surface area contributed by atoms with Gasteiger partial charge in [0.25, 0.3) is 0 Å². The Morgan fingerprint density at radius 2 is 1.87 bits per heavy atom. The molecule has 0 spiro atoms. The number of morpholine rings is 1. The molecule has 1 aliphatic heterocycles. The average molecular weight is 411 g/mol. The van der Waals surface area contributed by atoms with Gasteiger partial charge < -0.3 is 19.7 Å². The van der Waals surface area contributed by atoms with Crippen molar-refractivity contribution in [1.29, 1.82) is 0 Å². The first-order valence-corrected chi connectivity index (χ1v) is 9.55. The van der Waals surface area contributed by atoms with Gasteiger partial charge in [0, 0.05) is 18.7 Å². The quantitative estimate of drug-likeness (QED) is 0.679. The lowest BCUT2D eigenvalue weighted by Crippen LogP contribution is -2.45. The van der Waals surface area contributed by atoms with Crippen molar-refractivity contribution >= 4 is 17.5 Å². The lowest BCUT2D eigenvalue weighted by molar-refractivity contribution is -0.00545. The Morgan fingerprint density at radius 3 is 2.57 bits per heavy atom. The minimum atomic E-state index is -0.485. The van der Waals surface area contributed by atoms with Crippen LogP contribution < -0.4 is 15.0 Å². The summed E-state index contributed by atoms with van der Waals surface area (Å²) < 4.78 is 25.3. The van der Waals surface area contributed by atoms with Gasteiger partial charge in [-0.15, -0.1) is 5.10 Å². The summed E-state index contributed by atoms with van der Waals surface area (Å²) in [5.41, 5.74) is 0.627. The highest BCUT2D eigenvalue weighted by Crippen LogP contribution is 2.25. The van der Waals surface area contributed by atoms with E-state index in [1.807, 2.05) is 13.8 Å². The lowest BCUT2D eigenvalue weighted by atomic mass is 10.2. The van der Waals surface area contributed by atoms with Gasteiger partial charge in [0.05, 0.1) is 37.9 Å². The van der Waals surface area contributed by atoms with Crippen LogP contribution in [0, 0.1) is 5.82 Å². The minimum Gasteiger partial charge on any atom is -0.494 e. The molecule has 0 radical (unpaired) electrons. The van der Waals surface area contributed by atoms with E-state index in [2.05, 4.69) is 35.4 Å². The molecule has 4 heterocycles. The summed E-state index contributed by atoms with van der Waals surface area (Å²) in [7, 11) is 1.54. The molecule has 0 amide bonds. The SMILES string of the molecule is COc1cnc(-c2cnnc(Nc3nc(N4C[C@@H](C)O[C@@H](C)C4)ccc3F)c2)nc1. The molecule has 0 aromatic carbocycles. The Morgan fingerprint density at radius 1 is 1.13 bits per heavy atom. The molecule has 0 unspecified atom stereocenters. The molecule has 0 saturated carbocycles. The van der Waals surface area contributed by atoms with E-state index in [-0.39, 0.29) is 18.0 Å². The number of nitrogens with one attached hydrogen (secondary N) is 1. The Kier molecular flexibility index (Phi) is 5.66. The van der Waals surface area contributed by atoms with E-state index in [4.69, 9.17) is 9.47 Å². The normalized spacial score (nSPS) is 18.9. The van der Waals surface area contributed by atoms with Gasteiger partial charge in [0.2, 0.25) is 0 Å². The largest absolute Gasteiger partial charge is 0.494 e. The number of rotatable bonds is 5. The van der Waals surface area contributed by atoms with Crippen LogP contribution in [0.3, 0.4) is 0 Å². The van der Waals surface area contributed by atoms with E-state index in [1.165, 1.54) is 12.3 Å². The van der Waals surface area contributed by atoms with E-state index in [0.717, 1.165) is 0 Å². The third-order valence-electron chi connectivity index (χ3n) is 4.60. The molecule has 3 aromatic heterocycles. The zero-order valence-electron chi connectivity index (χ0n) is 16.9. The second-order valence-corrected chi connectivity index (χ2v) is 7.06. The number of anilines is 3. The first-order chi connectivity index (χ1) is 14.5. The van der Waals surface area contributed by atoms with Gasteiger partial charge in [0.1, 0.15) is 5.82 Å². The van der Waals surface area contributed by atoms with E-state index in [0.29, 0.717) is 41.9 Å². The van der Waals surface area contributed by atoms with Crippen molar-refractivity contribution < 1.29 is 13.9 Å². The van der Waals surface area contributed by atoms with Crippen molar-refractivity contribution in [3.63, 3.8) is 0 Å². The summed E-state index contributed by atoms with van der Waals surface area (Å²) in [5, 5.41) is 10.9. The first kappa shape index (κ1) is 19.9. The van der Waals surface area contributed by atoms with Crippen molar-refractivity contribution in [2.45, 2.75) is 26.1 Å². The molecule has 9 nitrogen and oxygen atoms in total. The summed E-state index contributed by atoms with van der Waals surface area (Å²) in [6.45, 7) is 5.39. The zero-order chi connectivity index (χ0) is 21.1. The number of halogens is 1. The molecule has 10 heteroatoms. The average Bonchev–Trinajstić information content (AvgIpc) is 2.75. The van der Waals surface area contributed by atoms with Gasteiger partial charge in [-0.05, 0) is 32.0 Å². The maximum absolute atomic E-state index is 14.4. The highest BCUT2D eigenvalue weighted by Gasteiger charge is 2.24. The van der Waals surface area contributed by atoms with Crippen LogP contribution in [0.5, 0.6) is 5.75 Å². The van der Waals surface area contributed by atoms with Crippen molar-refractivity contribution in [3.8, 4) is 17.1 Å². The molecule has 2 atom stereocenters. The fraction of sp³-hybridized carbons (Fsp3) is 0.350. The molecule has 1 fully saturated rings. The standard InChI is InChI=1S/C20H22FN7O2/c1-12-10-28(11-13(2)30-12)18-5-4-16(21)20(26-18)25-17-6-14(7-24-27-17)19-22-8-15(29-3)9-23-19/h4-9,12-13H,10-11H2,1-3H3,(H,25,26,27)/t12-,13+. The molecular weight excluding hydrogens is 389 g/mol. The lowest BCUT2D eigenvalue weighted by Gasteiger charge is -2.36. The highest BCUT2D eigenvalue weighted by atomic mass is 19.1. The minimum absolute atomic E-state index is 0.0707. The Labute approximate surface area is 173 Å². The van der Waals surface area contributed by atoms with E-state index < -0.39 is 5.82 Å². The van der Waals surface area contributed by atoms with Crippen molar-refractivity contribution in [3.05, 3.63) is 42.6 Å². The molecule has 4 rings (SSSR count). The monoisotopic (exact) mass is 411 g/mol. The van der Waals surface area contributed by atoms with Crippen LogP contribution in [0.4, 0.5) is 21.8 Å². The summed E-state index contributed by atoms with van der Waals surface area (Å²) in [5.74, 6) is 1.59. The molecule has 1 saturated heterocycles. The van der Waals surface area contributed by atoms with Crippen LogP contribution in [0.2, 0.25) is 0 Å². The maximum atomic E-state index is 14.4. The van der Waals surface area contributed by atoms with Gasteiger partial charge in [-0.25, -0.2) is 19.3 Å². The zero-order valence-corrected chi connectivity index (χ0v) is 16.9. The third kappa shape index (κ3) is 4.43. The van der Waals surface area contributed by atoms with E-state index in [9.17, 15) is 4.39 Å². The topological polar surface area (TPSA) is 98.2 Å². The summed E-state index contributed by atoms with van der Waals surface area (Å²) >= 11 is 0. The maximum Gasteiger partial charge on any atom is 0.170 e. The Hall–Kier alpha value is -3.40. The first-order valence-electron chi connectivity index (χ1n) is 9.55. The van der Waals surface area contributed by atoms with Crippen LogP contribution in [0.15, 0.2) is 36.8 Å². The van der Waals surface area contributed by atoms with Crippen molar-refractivity contribution in [2.24, 2.45) is 0 Å². The second-order valence-electron chi connectivity index (χ2n) is 7.06. The molecule has 0 aliphatic carbocycles. The van der Waals surface area contributed by atoms with Crippen LogP contribution in [0.1, 0.15) is 13.8 Å². The predicted octanol–water partition coefficient (Wildman–Crippen LogP) is 2.83. The number of aromatic nitrogens is 5. The number of hydrogen-bond acceptors (Lipinski definition) is 9. The fourth-order valence-corrected chi connectivity index (χ4v) is 3.30. The van der Waals surface area contributed by atoms with E-state index in [1.54, 1.807) is 31.6 Å². The summed E-state index contributed by atoms with van der Waals surface area (Å²) in [6.07, 6.45) is 4.80. The number of pyridine rings is 1. The number of nitrogens with zero attached hydrogens (tertiary/aromatic N) is 6. The molecule has 30 heavy (non-hydrogen) atoms. The van der Waals surface area contributed by atoms with Crippen LogP contribution in [0.25, 0.3) is 11.4 Å². The van der Waals surface area contributed by atoms with Gasteiger partial charge in [0.15, 0.2) is 29.0 Å². The Bertz CT molecular complexity index is 1010. The molecule has 0 bridgehead atoms. The Balaban J connectivity index is 1.56. The number of methoxy groups -OCH3 is 1. The second kappa shape index (κ2) is 8.54. The molecule has 156 valence electrons. The molecule has 3 aromatic rings. The van der Waals surface area contributed by atoms with Crippen LogP contribution >= 0.6 is 0 Å². The smallest absolute Gasteiger partial charge is 0.170 e. The summed E-state index contributed by atoms with van der Waals surface area (Å²) in [6, 6.07) is 4.74. The van der Waals surface area contributed by atoms with Gasteiger partial charge in [-0.3, -0.25) is 0 Å². The van der Waals surface area contributed by atoms with Crippen LogP contribution in [-0.2, 0) is 4.74 Å². The summed E-state index contributed by atoms with van der Waals surface area (Å²) in [4.78, 5) is 15.0. The van der Waals surface area contributed by atoms with Gasteiger partial charge in [-0.2, -0.15) is 5.10 Å². The van der Waals surface area contributed by atoms with Crippen molar-refractivity contribution in [1.82, 2.24) is 25.1 Å². The molecule has 1 aliphatic rings. The number of hydrogen-bond donors (Lipinski definition) is 1. The molecular formula is C20H22FN7O2. The van der Waals surface area contributed by atoms with Crippen molar-refractivity contribution in [2.75, 3.05) is 30.4 Å².